The zero-order valence-electron chi connectivity index (χ0n) is 12.8. The highest BCUT2D eigenvalue weighted by Crippen LogP contribution is 2.68. The number of hydrogen-bond donors (Lipinski definition) is 2. The van der Waals surface area contributed by atoms with Gasteiger partial charge in [-0.05, 0) is 28.9 Å². The zero-order valence-corrected chi connectivity index (χ0v) is 12.8. The molecule has 2 rings (SSSR count). The summed E-state index contributed by atoms with van der Waals surface area (Å²) in [6.07, 6.45) is 0. The Labute approximate surface area is 123 Å². The van der Waals surface area contributed by atoms with E-state index < -0.39 is 10.8 Å². The van der Waals surface area contributed by atoms with E-state index in [1.807, 2.05) is 0 Å². The summed E-state index contributed by atoms with van der Waals surface area (Å²) in [4.78, 5) is 21.7. The molecular formula is C15H21N3O3. The van der Waals surface area contributed by atoms with E-state index in [2.05, 4.69) is 33.0 Å². The third kappa shape index (κ3) is 2.46. The summed E-state index contributed by atoms with van der Waals surface area (Å²) in [5.74, 6) is -0.227. The number of anilines is 1. The van der Waals surface area contributed by atoms with Crippen LogP contribution < -0.4 is 11.1 Å². The summed E-state index contributed by atoms with van der Waals surface area (Å²) in [5.41, 5.74) is 6.01. The Hall–Kier alpha value is -2.11. The molecule has 0 saturated heterocycles. The SMILES string of the molecule is CC1(C)C(CNc2ccc(C(N)=O)cc2[N+](=O)[O-])C1(C)C. The number of carbonyl (C=O) groups excluding carboxylic acids is 1. The average Bonchev–Trinajstić information content (AvgIpc) is 2.76. The first-order valence-corrected chi connectivity index (χ1v) is 6.91. The third-order valence-corrected chi connectivity index (χ3v) is 5.30. The highest BCUT2D eigenvalue weighted by molar-refractivity contribution is 5.94. The molecule has 0 aliphatic heterocycles. The lowest BCUT2D eigenvalue weighted by Crippen LogP contribution is -2.13. The van der Waals surface area contributed by atoms with Gasteiger partial charge in [-0.3, -0.25) is 14.9 Å². The Balaban J connectivity index is 2.18. The highest BCUT2D eigenvalue weighted by atomic mass is 16.6. The minimum atomic E-state index is -0.672. The number of nitrogens with one attached hydrogen (secondary N) is 1. The lowest BCUT2D eigenvalue weighted by atomic mass is 10.0. The number of hydrogen-bond acceptors (Lipinski definition) is 4. The lowest BCUT2D eigenvalue weighted by Gasteiger charge is -2.09. The number of benzene rings is 1. The molecule has 0 radical (unpaired) electrons. The standard InChI is InChI=1S/C15H21N3O3/c1-14(2)12(15(14,3)4)8-17-10-6-5-9(13(16)19)7-11(10)18(20)21/h5-7,12,17H,8H2,1-4H3,(H2,16,19). The number of nitro benzene ring substituents is 1. The van der Waals surface area contributed by atoms with Gasteiger partial charge in [0.15, 0.2) is 0 Å². The van der Waals surface area contributed by atoms with E-state index >= 15 is 0 Å². The van der Waals surface area contributed by atoms with Crippen molar-refractivity contribution in [3.05, 3.63) is 33.9 Å². The molecule has 1 amide bonds. The van der Waals surface area contributed by atoms with E-state index in [4.69, 9.17) is 5.73 Å². The van der Waals surface area contributed by atoms with Crippen LogP contribution in [0.3, 0.4) is 0 Å². The molecule has 0 heterocycles. The molecule has 1 fully saturated rings. The van der Waals surface area contributed by atoms with Gasteiger partial charge < -0.3 is 11.1 Å². The van der Waals surface area contributed by atoms with Gasteiger partial charge in [-0.15, -0.1) is 0 Å². The number of primary amides is 1. The van der Waals surface area contributed by atoms with Crippen LogP contribution in [0, 0.1) is 26.9 Å². The molecule has 1 saturated carbocycles. The van der Waals surface area contributed by atoms with E-state index in [0.717, 1.165) is 0 Å². The average molecular weight is 291 g/mol. The number of nitrogens with zero attached hydrogens (tertiary/aromatic N) is 1. The van der Waals surface area contributed by atoms with Gasteiger partial charge >= 0.3 is 0 Å². The van der Waals surface area contributed by atoms with E-state index in [1.54, 1.807) is 6.07 Å². The maximum Gasteiger partial charge on any atom is 0.293 e. The Morgan fingerprint density at radius 2 is 1.90 bits per heavy atom. The second-order valence-corrected chi connectivity index (χ2v) is 6.73. The monoisotopic (exact) mass is 291 g/mol. The third-order valence-electron chi connectivity index (χ3n) is 5.30. The Morgan fingerprint density at radius 3 is 2.33 bits per heavy atom. The summed E-state index contributed by atoms with van der Waals surface area (Å²) >= 11 is 0. The molecule has 0 unspecified atom stereocenters. The summed E-state index contributed by atoms with van der Waals surface area (Å²) in [6.45, 7) is 9.46. The predicted octanol–water partition coefficient (Wildman–Crippen LogP) is 2.79. The Bertz CT molecular complexity index is 594. The molecule has 1 aliphatic rings. The molecule has 1 aliphatic carbocycles. The van der Waals surface area contributed by atoms with Crippen molar-refractivity contribution in [3.8, 4) is 0 Å². The summed E-state index contributed by atoms with van der Waals surface area (Å²) < 4.78 is 0. The lowest BCUT2D eigenvalue weighted by molar-refractivity contribution is -0.384. The molecule has 1 aromatic rings. The minimum absolute atomic E-state index is 0.123. The second-order valence-electron chi connectivity index (χ2n) is 6.73. The molecule has 6 heteroatoms. The maximum atomic E-state index is 11.1. The topological polar surface area (TPSA) is 98.3 Å². The van der Waals surface area contributed by atoms with Crippen LogP contribution in [0.25, 0.3) is 0 Å². The number of rotatable bonds is 5. The van der Waals surface area contributed by atoms with Crippen LogP contribution in [0.1, 0.15) is 38.1 Å². The Morgan fingerprint density at radius 1 is 1.33 bits per heavy atom. The van der Waals surface area contributed by atoms with Crippen molar-refractivity contribution < 1.29 is 9.72 Å². The van der Waals surface area contributed by atoms with Gasteiger partial charge in [0.1, 0.15) is 5.69 Å². The van der Waals surface area contributed by atoms with Crippen molar-refractivity contribution in [1.29, 1.82) is 0 Å². The molecule has 1 aromatic carbocycles. The van der Waals surface area contributed by atoms with Gasteiger partial charge in [0.25, 0.3) is 5.69 Å². The largest absolute Gasteiger partial charge is 0.379 e. The van der Waals surface area contributed by atoms with Gasteiger partial charge in [0, 0.05) is 18.2 Å². The molecule has 21 heavy (non-hydrogen) atoms. The van der Waals surface area contributed by atoms with Gasteiger partial charge in [0.2, 0.25) is 5.91 Å². The number of nitrogens with two attached hydrogens (primary N) is 1. The quantitative estimate of drug-likeness (QED) is 0.643. The summed E-state index contributed by atoms with van der Waals surface area (Å²) in [5, 5.41) is 14.3. The molecule has 0 bridgehead atoms. The predicted molar refractivity (Wildman–Crippen MR) is 81.2 cm³/mol. The van der Waals surface area contributed by atoms with Crippen LogP contribution in [-0.4, -0.2) is 17.4 Å². The molecule has 0 aromatic heterocycles. The maximum absolute atomic E-state index is 11.1. The van der Waals surface area contributed by atoms with Crippen molar-refractivity contribution in [2.75, 3.05) is 11.9 Å². The normalized spacial score (nSPS) is 19.0. The fraction of sp³-hybridized carbons (Fsp3) is 0.533. The first-order chi connectivity index (χ1) is 9.59. The van der Waals surface area contributed by atoms with Crippen molar-refractivity contribution in [2.45, 2.75) is 27.7 Å². The minimum Gasteiger partial charge on any atom is -0.379 e. The molecule has 6 nitrogen and oxygen atoms in total. The molecular weight excluding hydrogens is 270 g/mol. The first-order valence-electron chi connectivity index (χ1n) is 6.91. The zero-order chi connectivity index (χ0) is 16.0. The molecule has 3 N–H and O–H groups in total. The van der Waals surface area contributed by atoms with Crippen LogP contribution in [0.5, 0.6) is 0 Å². The molecule has 114 valence electrons. The fourth-order valence-corrected chi connectivity index (χ4v) is 3.04. The van der Waals surface area contributed by atoms with Crippen LogP contribution in [-0.2, 0) is 0 Å². The van der Waals surface area contributed by atoms with Crippen LogP contribution in [0.2, 0.25) is 0 Å². The van der Waals surface area contributed by atoms with Crippen molar-refractivity contribution in [3.63, 3.8) is 0 Å². The molecule has 0 atom stereocenters. The van der Waals surface area contributed by atoms with E-state index in [9.17, 15) is 14.9 Å². The highest BCUT2D eigenvalue weighted by Gasteiger charge is 2.64. The van der Waals surface area contributed by atoms with E-state index in [0.29, 0.717) is 18.2 Å². The Kier molecular flexibility index (Phi) is 3.43. The van der Waals surface area contributed by atoms with Gasteiger partial charge in [-0.2, -0.15) is 0 Å². The molecule has 0 spiro atoms. The van der Waals surface area contributed by atoms with Crippen molar-refractivity contribution in [2.24, 2.45) is 22.5 Å². The smallest absolute Gasteiger partial charge is 0.293 e. The number of amides is 1. The summed E-state index contributed by atoms with van der Waals surface area (Å²) in [7, 11) is 0. The summed E-state index contributed by atoms with van der Waals surface area (Å²) in [6, 6.07) is 4.26. The fourth-order valence-electron chi connectivity index (χ4n) is 3.04. The number of nitro groups is 1. The van der Waals surface area contributed by atoms with Crippen LogP contribution in [0.15, 0.2) is 18.2 Å². The second kappa shape index (κ2) is 4.72. The van der Waals surface area contributed by atoms with Crippen molar-refractivity contribution >= 4 is 17.3 Å². The van der Waals surface area contributed by atoms with E-state index in [-0.39, 0.29) is 22.1 Å². The first kappa shape index (κ1) is 15.3. The van der Waals surface area contributed by atoms with Crippen LogP contribution >= 0.6 is 0 Å². The van der Waals surface area contributed by atoms with Crippen molar-refractivity contribution in [1.82, 2.24) is 0 Å². The van der Waals surface area contributed by atoms with Gasteiger partial charge in [0.05, 0.1) is 4.92 Å². The van der Waals surface area contributed by atoms with E-state index in [1.165, 1.54) is 12.1 Å². The van der Waals surface area contributed by atoms with Gasteiger partial charge in [-0.1, -0.05) is 27.7 Å². The van der Waals surface area contributed by atoms with Crippen LogP contribution in [0.4, 0.5) is 11.4 Å². The van der Waals surface area contributed by atoms with Gasteiger partial charge in [-0.25, -0.2) is 0 Å². The number of carbonyl (C=O) groups is 1.